The molecule has 5 nitrogen and oxygen atoms in total. The first-order valence-corrected chi connectivity index (χ1v) is 8.80. The van der Waals surface area contributed by atoms with Gasteiger partial charge in [0.1, 0.15) is 0 Å². The molecule has 24 heavy (non-hydrogen) atoms. The van der Waals surface area contributed by atoms with Crippen LogP contribution in [-0.2, 0) is 11.3 Å². The van der Waals surface area contributed by atoms with Crippen molar-refractivity contribution in [3.63, 3.8) is 0 Å². The zero-order valence-electron chi connectivity index (χ0n) is 15.5. The summed E-state index contributed by atoms with van der Waals surface area (Å²) in [7, 11) is 3.22. The molecular formula is C19H33NO4. The van der Waals surface area contributed by atoms with Gasteiger partial charge >= 0.3 is 0 Å². The second-order valence-corrected chi connectivity index (χ2v) is 6.16. The van der Waals surface area contributed by atoms with Gasteiger partial charge in [0.25, 0.3) is 0 Å². The van der Waals surface area contributed by atoms with E-state index < -0.39 is 6.10 Å². The van der Waals surface area contributed by atoms with E-state index in [0.717, 1.165) is 12.0 Å². The summed E-state index contributed by atoms with van der Waals surface area (Å²) >= 11 is 0. The predicted molar refractivity (Wildman–Crippen MR) is 96.8 cm³/mol. The van der Waals surface area contributed by atoms with Gasteiger partial charge in [-0.15, -0.1) is 0 Å². The molecule has 138 valence electrons. The lowest BCUT2D eigenvalue weighted by Gasteiger charge is -2.17. The van der Waals surface area contributed by atoms with Crippen LogP contribution in [0.1, 0.15) is 45.1 Å². The molecule has 0 aliphatic carbocycles. The maximum atomic E-state index is 10.00. The van der Waals surface area contributed by atoms with Crippen LogP contribution in [0, 0.1) is 0 Å². The first kappa shape index (κ1) is 20.7. The number of nitrogens with one attached hydrogen (secondary N) is 1. The first-order chi connectivity index (χ1) is 11.6. The summed E-state index contributed by atoms with van der Waals surface area (Å²) in [5, 5.41) is 13.4. The fraction of sp³-hybridized carbons (Fsp3) is 0.684. The van der Waals surface area contributed by atoms with Crippen molar-refractivity contribution in [3.8, 4) is 11.5 Å². The number of unbranched alkanes of at least 4 members (excludes halogenated alkanes) is 2. The molecule has 5 heteroatoms. The molecule has 0 aliphatic rings. The molecule has 0 spiro atoms. The van der Waals surface area contributed by atoms with Gasteiger partial charge in [0.15, 0.2) is 11.5 Å². The third-order valence-corrected chi connectivity index (χ3v) is 3.97. The van der Waals surface area contributed by atoms with Crippen LogP contribution in [-0.4, -0.2) is 44.6 Å². The van der Waals surface area contributed by atoms with Gasteiger partial charge in [0.2, 0.25) is 0 Å². The smallest absolute Gasteiger partial charge is 0.161 e. The summed E-state index contributed by atoms with van der Waals surface area (Å²) in [6, 6.07) is 6.10. The number of aliphatic hydroxyl groups excluding tert-OH is 1. The van der Waals surface area contributed by atoms with Crippen LogP contribution < -0.4 is 14.8 Å². The van der Waals surface area contributed by atoms with Gasteiger partial charge in [-0.3, -0.25) is 0 Å². The Hall–Kier alpha value is -1.30. The molecule has 0 bridgehead atoms. The van der Waals surface area contributed by atoms with Crippen molar-refractivity contribution in [2.24, 2.45) is 0 Å². The Labute approximate surface area is 146 Å². The van der Waals surface area contributed by atoms with E-state index in [4.69, 9.17) is 14.2 Å². The van der Waals surface area contributed by atoms with E-state index in [2.05, 4.69) is 19.2 Å². The minimum Gasteiger partial charge on any atom is -0.493 e. The number of rotatable bonds is 13. The summed E-state index contributed by atoms with van der Waals surface area (Å²) in [4.78, 5) is 0. The SMILES string of the molecule is CCCCC[C@@H](C)NC[C@H](O)COCc1ccc(OC)c(OC)c1. The molecule has 2 atom stereocenters. The molecule has 1 aromatic rings. The number of hydrogen-bond acceptors (Lipinski definition) is 5. The fourth-order valence-corrected chi connectivity index (χ4v) is 2.48. The maximum Gasteiger partial charge on any atom is 0.161 e. The number of hydrogen-bond donors (Lipinski definition) is 2. The molecule has 0 radical (unpaired) electrons. The second-order valence-electron chi connectivity index (χ2n) is 6.16. The van der Waals surface area contributed by atoms with Gasteiger partial charge < -0.3 is 24.6 Å². The quantitative estimate of drug-likeness (QED) is 0.541. The zero-order valence-corrected chi connectivity index (χ0v) is 15.5. The summed E-state index contributed by atoms with van der Waals surface area (Å²) in [5.41, 5.74) is 0.987. The zero-order chi connectivity index (χ0) is 17.8. The lowest BCUT2D eigenvalue weighted by atomic mass is 10.1. The van der Waals surface area contributed by atoms with Crippen LogP contribution >= 0.6 is 0 Å². The van der Waals surface area contributed by atoms with Crippen LogP contribution in [0.5, 0.6) is 11.5 Å². The van der Waals surface area contributed by atoms with E-state index >= 15 is 0 Å². The van der Waals surface area contributed by atoms with E-state index in [1.165, 1.54) is 19.3 Å². The largest absolute Gasteiger partial charge is 0.493 e. The standard InChI is InChI=1S/C19H33NO4/c1-5-6-7-8-15(2)20-12-17(21)14-24-13-16-9-10-18(22-3)19(11-16)23-4/h9-11,15,17,20-21H,5-8,12-14H2,1-4H3/t15-,17+/m1/s1. The van der Waals surface area contributed by atoms with Gasteiger partial charge in [0.05, 0.1) is 33.5 Å². The van der Waals surface area contributed by atoms with Crippen molar-refractivity contribution in [2.45, 2.75) is 58.3 Å². The highest BCUT2D eigenvalue weighted by molar-refractivity contribution is 5.42. The highest BCUT2D eigenvalue weighted by Gasteiger charge is 2.09. The lowest BCUT2D eigenvalue weighted by Crippen LogP contribution is -2.35. The third kappa shape index (κ3) is 7.99. The van der Waals surface area contributed by atoms with Crippen molar-refractivity contribution < 1.29 is 19.3 Å². The summed E-state index contributed by atoms with van der Waals surface area (Å²) < 4.78 is 16.1. The van der Waals surface area contributed by atoms with Crippen LogP contribution in [0.25, 0.3) is 0 Å². The molecule has 0 unspecified atom stereocenters. The highest BCUT2D eigenvalue weighted by Crippen LogP contribution is 2.27. The van der Waals surface area contributed by atoms with E-state index in [1.807, 2.05) is 18.2 Å². The third-order valence-electron chi connectivity index (χ3n) is 3.97. The van der Waals surface area contributed by atoms with Crippen LogP contribution in [0.4, 0.5) is 0 Å². The van der Waals surface area contributed by atoms with Crippen LogP contribution in [0.2, 0.25) is 0 Å². The minimum absolute atomic E-state index is 0.309. The molecule has 0 amide bonds. The molecular weight excluding hydrogens is 306 g/mol. The Balaban J connectivity index is 2.24. The van der Waals surface area contributed by atoms with E-state index in [0.29, 0.717) is 37.3 Å². The molecule has 0 heterocycles. The van der Waals surface area contributed by atoms with Gasteiger partial charge in [-0.1, -0.05) is 32.3 Å². The molecule has 2 N–H and O–H groups in total. The van der Waals surface area contributed by atoms with Crippen molar-refractivity contribution in [2.75, 3.05) is 27.4 Å². The molecule has 1 rings (SSSR count). The van der Waals surface area contributed by atoms with Crippen LogP contribution in [0.3, 0.4) is 0 Å². The maximum absolute atomic E-state index is 10.00. The van der Waals surface area contributed by atoms with E-state index in [1.54, 1.807) is 14.2 Å². The van der Waals surface area contributed by atoms with Gasteiger partial charge in [-0.05, 0) is 31.0 Å². The Morgan fingerprint density at radius 2 is 1.88 bits per heavy atom. The minimum atomic E-state index is -0.501. The van der Waals surface area contributed by atoms with E-state index in [-0.39, 0.29) is 0 Å². The molecule has 0 saturated carbocycles. The van der Waals surface area contributed by atoms with Gasteiger partial charge in [-0.2, -0.15) is 0 Å². The molecule has 0 saturated heterocycles. The number of ether oxygens (including phenoxy) is 3. The average molecular weight is 339 g/mol. The van der Waals surface area contributed by atoms with Crippen molar-refractivity contribution in [1.29, 1.82) is 0 Å². The van der Waals surface area contributed by atoms with E-state index in [9.17, 15) is 5.11 Å². The van der Waals surface area contributed by atoms with Crippen LogP contribution in [0.15, 0.2) is 18.2 Å². The number of aliphatic hydroxyl groups is 1. The number of benzene rings is 1. The lowest BCUT2D eigenvalue weighted by molar-refractivity contribution is 0.0276. The highest BCUT2D eigenvalue weighted by atomic mass is 16.5. The first-order valence-electron chi connectivity index (χ1n) is 8.80. The van der Waals surface area contributed by atoms with Gasteiger partial charge in [-0.25, -0.2) is 0 Å². The second kappa shape index (κ2) is 12.1. The average Bonchev–Trinajstić information content (AvgIpc) is 2.60. The molecule has 1 aromatic carbocycles. The molecule has 0 aliphatic heterocycles. The Morgan fingerprint density at radius 3 is 2.54 bits per heavy atom. The van der Waals surface area contributed by atoms with Crippen molar-refractivity contribution >= 4 is 0 Å². The Morgan fingerprint density at radius 1 is 1.12 bits per heavy atom. The summed E-state index contributed by atoms with van der Waals surface area (Å²) in [6.07, 6.45) is 4.38. The topological polar surface area (TPSA) is 60.0 Å². The molecule has 0 aromatic heterocycles. The monoisotopic (exact) mass is 339 g/mol. The predicted octanol–water partition coefficient (Wildman–Crippen LogP) is 3.14. The summed E-state index contributed by atoms with van der Waals surface area (Å²) in [5.74, 6) is 1.38. The van der Waals surface area contributed by atoms with Gasteiger partial charge in [0, 0.05) is 12.6 Å². The molecule has 0 fully saturated rings. The Bertz CT molecular complexity index is 453. The van der Waals surface area contributed by atoms with Crippen molar-refractivity contribution in [1.82, 2.24) is 5.32 Å². The number of methoxy groups -OCH3 is 2. The fourth-order valence-electron chi connectivity index (χ4n) is 2.48. The van der Waals surface area contributed by atoms with Crippen molar-refractivity contribution in [3.05, 3.63) is 23.8 Å². The summed E-state index contributed by atoms with van der Waals surface area (Å²) in [6.45, 7) is 5.66. The Kier molecular flexibility index (Phi) is 10.5. The normalized spacial score (nSPS) is 13.5.